The average molecular weight is 169 g/mol. The van der Waals surface area contributed by atoms with Gasteiger partial charge in [-0.25, -0.2) is 4.79 Å². The van der Waals surface area contributed by atoms with Crippen molar-refractivity contribution in [3.63, 3.8) is 0 Å². The monoisotopic (exact) mass is 169 g/mol. The predicted octanol–water partition coefficient (Wildman–Crippen LogP) is 0.843. The number of ether oxygens (including phenoxy) is 1. The second-order valence-corrected chi connectivity index (χ2v) is 1.49. The number of carbonyl (C=O) groups excluding carboxylic acids is 2. The van der Waals surface area contributed by atoms with Crippen molar-refractivity contribution < 1.29 is 27.5 Å². The van der Waals surface area contributed by atoms with Crippen LogP contribution >= 0.6 is 0 Å². The molecule has 1 radical (unpaired) electrons. The summed E-state index contributed by atoms with van der Waals surface area (Å²) >= 11 is 0. The van der Waals surface area contributed by atoms with Gasteiger partial charge in [0.15, 0.2) is 0 Å². The molecule has 0 amide bonds. The van der Waals surface area contributed by atoms with Crippen molar-refractivity contribution in [3.05, 3.63) is 6.42 Å². The third kappa shape index (κ3) is 3.59. The Kier molecular flexibility index (Phi) is 3.03. The highest BCUT2D eigenvalue weighted by molar-refractivity contribution is 5.92. The molecule has 0 aromatic rings. The molecule has 0 saturated carbocycles. The van der Waals surface area contributed by atoms with Gasteiger partial charge in [0.2, 0.25) is 0 Å². The van der Waals surface area contributed by atoms with Crippen LogP contribution in [0.25, 0.3) is 0 Å². The summed E-state index contributed by atoms with van der Waals surface area (Å²) in [5.41, 5.74) is 0. The molecular formula is C5H4F3O3. The largest absolute Gasteiger partial charge is 0.491 e. The van der Waals surface area contributed by atoms with Gasteiger partial charge < -0.3 is 4.74 Å². The quantitative estimate of drug-likeness (QED) is 0.431. The molecule has 0 aliphatic heterocycles. The predicted molar refractivity (Wildman–Crippen MR) is 27.1 cm³/mol. The summed E-state index contributed by atoms with van der Waals surface area (Å²) in [5.74, 6) is -3.81. The zero-order chi connectivity index (χ0) is 9.07. The number of carbonyl (C=O) groups is 2. The lowest BCUT2D eigenvalue weighted by atomic mass is 10.5. The van der Waals surface area contributed by atoms with E-state index in [1.54, 1.807) is 0 Å². The van der Waals surface area contributed by atoms with Crippen LogP contribution in [0.1, 0.15) is 6.92 Å². The lowest BCUT2D eigenvalue weighted by molar-refractivity contribution is -0.200. The molecule has 11 heavy (non-hydrogen) atoms. The van der Waals surface area contributed by atoms with Gasteiger partial charge in [-0.15, -0.1) is 0 Å². The average Bonchev–Trinajstić information content (AvgIpc) is 1.85. The first-order valence-electron chi connectivity index (χ1n) is 2.50. The maximum absolute atomic E-state index is 11.3. The Bertz CT molecular complexity index is 172. The molecule has 0 fully saturated rings. The Morgan fingerprint density at radius 1 is 1.36 bits per heavy atom. The first-order valence-corrected chi connectivity index (χ1v) is 2.50. The van der Waals surface area contributed by atoms with Gasteiger partial charge in [0.25, 0.3) is 0 Å². The maximum Gasteiger partial charge on any atom is 0.491 e. The summed E-state index contributed by atoms with van der Waals surface area (Å²) in [5, 5.41) is 0. The van der Waals surface area contributed by atoms with Crippen molar-refractivity contribution >= 4 is 11.9 Å². The third-order valence-corrected chi connectivity index (χ3v) is 0.660. The lowest BCUT2D eigenvalue weighted by Crippen LogP contribution is -2.27. The maximum atomic E-state index is 11.3. The van der Waals surface area contributed by atoms with Gasteiger partial charge in [-0.3, -0.25) is 4.79 Å². The molecule has 0 aliphatic rings. The van der Waals surface area contributed by atoms with E-state index in [1.807, 2.05) is 0 Å². The Morgan fingerprint density at radius 2 is 1.82 bits per heavy atom. The van der Waals surface area contributed by atoms with E-state index in [9.17, 15) is 22.8 Å². The molecular weight excluding hydrogens is 165 g/mol. The van der Waals surface area contributed by atoms with Gasteiger partial charge in [-0.2, -0.15) is 13.2 Å². The molecule has 0 bridgehead atoms. The minimum atomic E-state index is -5.11. The minimum Gasteiger partial charge on any atom is -0.386 e. The molecule has 0 aromatic carbocycles. The fraction of sp³-hybridized carbons (Fsp3) is 0.400. The van der Waals surface area contributed by atoms with Crippen molar-refractivity contribution in [2.75, 3.05) is 0 Å². The number of hydrogen-bond acceptors (Lipinski definition) is 3. The second-order valence-electron chi connectivity index (χ2n) is 1.49. The van der Waals surface area contributed by atoms with Crippen LogP contribution < -0.4 is 0 Å². The molecule has 0 rings (SSSR count). The first kappa shape index (κ1) is 9.93. The van der Waals surface area contributed by atoms with E-state index >= 15 is 0 Å². The summed E-state index contributed by atoms with van der Waals surface area (Å²) in [7, 11) is 0. The number of hydrogen-bond donors (Lipinski definition) is 0. The number of esters is 2. The molecule has 0 unspecified atom stereocenters. The minimum absolute atomic E-state index is 0.712. The smallest absolute Gasteiger partial charge is 0.386 e. The van der Waals surface area contributed by atoms with Crippen molar-refractivity contribution in [2.45, 2.75) is 13.1 Å². The number of alkyl halides is 3. The molecule has 0 saturated heterocycles. The molecule has 6 heteroatoms. The molecule has 0 atom stereocenters. The molecule has 0 heterocycles. The van der Waals surface area contributed by atoms with Crippen LogP contribution in [-0.4, -0.2) is 18.1 Å². The van der Waals surface area contributed by atoms with Crippen molar-refractivity contribution in [2.24, 2.45) is 0 Å². The SMILES string of the molecule is C[CH]C(=O)OC(=O)C(F)(F)F. The molecule has 3 nitrogen and oxygen atoms in total. The zero-order valence-electron chi connectivity index (χ0n) is 5.44. The molecule has 0 aliphatic carbocycles. The molecule has 63 valence electrons. The van der Waals surface area contributed by atoms with Crippen LogP contribution in [0, 0.1) is 6.42 Å². The highest BCUT2D eigenvalue weighted by Gasteiger charge is 2.42. The number of rotatable bonds is 1. The summed E-state index contributed by atoms with van der Waals surface area (Å²) in [6.07, 6.45) is -4.40. The van der Waals surface area contributed by atoms with Gasteiger partial charge >= 0.3 is 18.1 Å². The van der Waals surface area contributed by atoms with E-state index in [1.165, 1.54) is 0 Å². The Morgan fingerprint density at radius 3 is 2.09 bits per heavy atom. The second kappa shape index (κ2) is 3.36. The highest BCUT2D eigenvalue weighted by Crippen LogP contribution is 2.16. The van der Waals surface area contributed by atoms with E-state index < -0.39 is 18.1 Å². The van der Waals surface area contributed by atoms with Crippen molar-refractivity contribution in [1.82, 2.24) is 0 Å². The van der Waals surface area contributed by atoms with E-state index in [0.29, 0.717) is 6.42 Å². The fourth-order valence-electron chi connectivity index (χ4n) is 0.208. The van der Waals surface area contributed by atoms with Crippen molar-refractivity contribution in [1.29, 1.82) is 0 Å². The van der Waals surface area contributed by atoms with Crippen LogP contribution in [-0.2, 0) is 14.3 Å². The lowest BCUT2D eigenvalue weighted by Gasteiger charge is -2.02. The van der Waals surface area contributed by atoms with Gasteiger partial charge in [0.1, 0.15) is 0 Å². The molecule has 0 N–H and O–H groups in total. The first-order chi connectivity index (χ1) is 4.88. The van der Waals surface area contributed by atoms with Crippen molar-refractivity contribution in [3.8, 4) is 0 Å². The standard InChI is InChI=1S/C5H4F3O3/c1-2-3(9)11-4(10)5(6,7)8/h2H,1H3. The van der Waals surface area contributed by atoms with E-state index in [0.717, 1.165) is 6.92 Å². The van der Waals surface area contributed by atoms with E-state index in [4.69, 9.17) is 0 Å². The number of halogens is 3. The third-order valence-electron chi connectivity index (χ3n) is 0.660. The highest BCUT2D eigenvalue weighted by atomic mass is 19.4. The normalized spacial score (nSPS) is 10.9. The van der Waals surface area contributed by atoms with Gasteiger partial charge in [-0.1, -0.05) is 6.92 Å². The topological polar surface area (TPSA) is 43.4 Å². The van der Waals surface area contributed by atoms with Crippen LogP contribution in [0.15, 0.2) is 0 Å². The summed E-state index contributed by atoms with van der Waals surface area (Å²) in [6.45, 7) is 1.16. The molecule has 0 spiro atoms. The molecule has 0 aromatic heterocycles. The summed E-state index contributed by atoms with van der Waals surface area (Å²) in [6, 6.07) is 0. The van der Waals surface area contributed by atoms with E-state index in [-0.39, 0.29) is 0 Å². The Balaban J connectivity index is 3.99. The Labute approximate surface area is 60.1 Å². The van der Waals surface area contributed by atoms with Crippen LogP contribution in [0.3, 0.4) is 0 Å². The van der Waals surface area contributed by atoms with Crippen LogP contribution in [0.2, 0.25) is 0 Å². The summed E-state index contributed by atoms with van der Waals surface area (Å²) < 4.78 is 37.2. The van der Waals surface area contributed by atoms with Crippen LogP contribution in [0.5, 0.6) is 0 Å². The van der Waals surface area contributed by atoms with E-state index in [2.05, 4.69) is 4.74 Å². The summed E-state index contributed by atoms with van der Waals surface area (Å²) in [4.78, 5) is 19.9. The fourth-order valence-corrected chi connectivity index (χ4v) is 0.208. The van der Waals surface area contributed by atoms with Crippen LogP contribution in [0.4, 0.5) is 13.2 Å². The van der Waals surface area contributed by atoms with Gasteiger partial charge in [0.05, 0.1) is 6.42 Å². The Hall–Kier alpha value is -1.07. The zero-order valence-corrected chi connectivity index (χ0v) is 5.44. The van der Waals surface area contributed by atoms with Gasteiger partial charge in [0, 0.05) is 0 Å². The van der Waals surface area contributed by atoms with Gasteiger partial charge in [-0.05, 0) is 0 Å².